The van der Waals surface area contributed by atoms with Crippen LogP contribution >= 0.6 is 0 Å². The first-order valence-electron chi connectivity index (χ1n) is 5.12. The van der Waals surface area contributed by atoms with Gasteiger partial charge in [-0.25, -0.2) is 4.68 Å². The van der Waals surface area contributed by atoms with Gasteiger partial charge in [-0.1, -0.05) is 0 Å². The molecule has 0 unspecified atom stereocenters. The van der Waals surface area contributed by atoms with Gasteiger partial charge in [0.05, 0.1) is 0 Å². The number of carboxylic acid groups (broad SMARTS) is 1. The normalized spacial score (nSPS) is 12.7. The number of nitrogens with zero attached hydrogens (tertiary/aromatic N) is 4. The molecule has 1 aliphatic rings. The van der Waals surface area contributed by atoms with Crippen LogP contribution < -0.4 is 9.47 Å². The number of ether oxygens (including phenoxy) is 2. The van der Waals surface area contributed by atoms with Crippen molar-refractivity contribution in [2.24, 2.45) is 0 Å². The van der Waals surface area contributed by atoms with Gasteiger partial charge < -0.3 is 14.6 Å². The predicted octanol–water partition coefficient (Wildman–Crippen LogP) is 0.153. The minimum Gasteiger partial charge on any atom is -0.480 e. The summed E-state index contributed by atoms with van der Waals surface area (Å²) in [4.78, 5) is 10.7. The Bertz CT molecular complexity index is 610. The lowest BCUT2D eigenvalue weighted by atomic mass is 10.2. The van der Waals surface area contributed by atoms with Crippen LogP contribution in [0.15, 0.2) is 18.2 Å². The lowest BCUT2D eigenvalue weighted by Gasteiger charge is -2.02. The van der Waals surface area contributed by atoms with E-state index in [0.29, 0.717) is 22.9 Å². The Hall–Kier alpha value is -2.64. The molecular formula is C10H8N4O4. The van der Waals surface area contributed by atoms with Gasteiger partial charge >= 0.3 is 5.97 Å². The number of carbonyl (C=O) groups is 1. The third kappa shape index (κ3) is 1.73. The molecule has 8 heteroatoms. The lowest BCUT2D eigenvalue weighted by molar-refractivity contribution is -0.137. The highest BCUT2D eigenvalue weighted by atomic mass is 16.7. The van der Waals surface area contributed by atoms with Crippen molar-refractivity contribution < 1.29 is 19.4 Å². The maximum absolute atomic E-state index is 10.7. The quantitative estimate of drug-likeness (QED) is 0.825. The molecule has 0 bridgehead atoms. The second-order valence-electron chi connectivity index (χ2n) is 3.62. The van der Waals surface area contributed by atoms with Crippen LogP contribution in [-0.2, 0) is 11.3 Å². The molecule has 18 heavy (non-hydrogen) atoms. The fourth-order valence-electron chi connectivity index (χ4n) is 1.68. The molecule has 3 rings (SSSR count). The van der Waals surface area contributed by atoms with E-state index < -0.39 is 5.97 Å². The van der Waals surface area contributed by atoms with Crippen molar-refractivity contribution in [1.29, 1.82) is 0 Å². The smallest absolute Gasteiger partial charge is 0.325 e. The van der Waals surface area contributed by atoms with Crippen LogP contribution in [0.1, 0.15) is 0 Å². The number of tetrazole rings is 1. The highest BCUT2D eigenvalue weighted by Gasteiger charge is 2.17. The highest BCUT2D eigenvalue weighted by molar-refractivity contribution is 5.68. The molecule has 2 aromatic rings. The second-order valence-corrected chi connectivity index (χ2v) is 3.62. The first-order chi connectivity index (χ1) is 8.74. The summed E-state index contributed by atoms with van der Waals surface area (Å²) in [7, 11) is 0. The molecule has 8 nitrogen and oxygen atoms in total. The average molecular weight is 248 g/mol. The number of fused-ring (bicyclic) bond motifs is 1. The van der Waals surface area contributed by atoms with Crippen LogP contribution in [0.3, 0.4) is 0 Å². The van der Waals surface area contributed by atoms with Gasteiger partial charge in [-0.15, -0.1) is 5.10 Å². The van der Waals surface area contributed by atoms with E-state index in [1.54, 1.807) is 18.2 Å². The van der Waals surface area contributed by atoms with Crippen LogP contribution in [0.25, 0.3) is 11.4 Å². The number of hydrogen-bond donors (Lipinski definition) is 1. The Morgan fingerprint density at radius 1 is 1.39 bits per heavy atom. The van der Waals surface area contributed by atoms with E-state index in [0.717, 1.165) is 0 Å². The highest BCUT2D eigenvalue weighted by Crippen LogP contribution is 2.35. The van der Waals surface area contributed by atoms with E-state index in [4.69, 9.17) is 14.6 Å². The minimum atomic E-state index is -1.01. The Labute approximate surface area is 101 Å². The molecule has 0 atom stereocenters. The predicted molar refractivity (Wildman–Crippen MR) is 57.0 cm³/mol. The summed E-state index contributed by atoms with van der Waals surface area (Å²) in [5.74, 6) is 0.605. The Kier molecular flexibility index (Phi) is 2.33. The van der Waals surface area contributed by atoms with Gasteiger partial charge in [0.2, 0.25) is 6.79 Å². The molecule has 1 aromatic heterocycles. The molecule has 0 fully saturated rings. The summed E-state index contributed by atoms with van der Waals surface area (Å²) in [5, 5.41) is 19.7. The van der Waals surface area contributed by atoms with Gasteiger partial charge in [-0.2, -0.15) is 0 Å². The standard InChI is InChI=1S/C10H8N4O4/c15-9(16)4-14-10(11-12-13-14)6-1-2-7-8(3-6)18-5-17-7/h1-3H,4-5H2,(H,15,16). The Balaban J connectivity index is 1.99. The van der Waals surface area contributed by atoms with Crippen molar-refractivity contribution in [3.8, 4) is 22.9 Å². The van der Waals surface area contributed by atoms with E-state index in [-0.39, 0.29) is 13.3 Å². The summed E-state index contributed by atoms with van der Waals surface area (Å²) < 4.78 is 11.6. The molecule has 92 valence electrons. The SMILES string of the molecule is O=C(O)Cn1nnnc1-c1ccc2c(c1)OCO2. The molecule has 1 N–H and O–H groups in total. The van der Waals surface area contributed by atoms with Gasteiger partial charge in [-0.05, 0) is 28.6 Å². The van der Waals surface area contributed by atoms with Gasteiger partial charge in [0.15, 0.2) is 17.3 Å². The molecule has 0 saturated heterocycles. The molecule has 1 aliphatic heterocycles. The van der Waals surface area contributed by atoms with Crippen LogP contribution in [0.5, 0.6) is 11.5 Å². The molecule has 0 aliphatic carbocycles. The minimum absolute atomic E-state index is 0.179. The average Bonchev–Trinajstić information content (AvgIpc) is 2.95. The van der Waals surface area contributed by atoms with Crippen LogP contribution in [0.2, 0.25) is 0 Å². The zero-order valence-electron chi connectivity index (χ0n) is 9.11. The van der Waals surface area contributed by atoms with Gasteiger partial charge in [0, 0.05) is 5.56 Å². The molecule has 0 radical (unpaired) electrons. The summed E-state index contributed by atoms with van der Waals surface area (Å²) in [6.45, 7) is -0.115. The molecule has 2 heterocycles. The molecule has 0 saturated carbocycles. The van der Waals surface area contributed by atoms with E-state index in [2.05, 4.69) is 15.5 Å². The lowest BCUT2D eigenvalue weighted by Crippen LogP contribution is -2.11. The Morgan fingerprint density at radius 3 is 3.06 bits per heavy atom. The van der Waals surface area contributed by atoms with Crippen molar-refractivity contribution >= 4 is 5.97 Å². The number of hydrogen-bond acceptors (Lipinski definition) is 6. The van der Waals surface area contributed by atoms with Crippen molar-refractivity contribution in [2.45, 2.75) is 6.54 Å². The third-order valence-corrected chi connectivity index (χ3v) is 2.45. The number of benzene rings is 1. The van der Waals surface area contributed by atoms with Crippen LogP contribution in [0.4, 0.5) is 0 Å². The van der Waals surface area contributed by atoms with Gasteiger partial charge in [0.1, 0.15) is 6.54 Å². The largest absolute Gasteiger partial charge is 0.480 e. The van der Waals surface area contributed by atoms with Crippen molar-refractivity contribution in [2.75, 3.05) is 6.79 Å². The zero-order valence-corrected chi connectivity index (χ0v) is 9.11. The topological polar surface area (TPSA) is 99.4 Å². The van der Waals surface area contributed by atoms with Crippen LogP contribution in [-0.4, -0.2) is 38.1 Å². The molecular weight excluding hydrogens is 240 g/mol. The van der Waals surface area contributed by atoms with Crippen LogP contribution in [0, 0.1) is 0 Å². The molecule has 1 aromatic carbocycles. The fraction of sp³-hybridized carbons (Fsp3) is 0.200. The monoisotopic (exact) mass is 248 g/mol. The Morgan fingerprint density at radius 2 is 2.22 bits per heavy atom. The number of carboxylic acids is 1. The van der Waals surface area contributed by atoms with E-state index >= 15 is 0 Å². The summed E-state index contributed by atoms with van der Waals surface area (Å²) in [6, 6.07) is 5.20. The third-order valence-electron chi connectivity index (χ3n) is 2.45. The van der Waals surface area contributed by atoms with Crippen molar-refractivity contribution in [3.05, 3.63) is 18.2 Å². The van der Waals surface area contributed by atoms with Gasteiger partial charge in [-0.3, -0.25) is 4.79 Å². The van der Waals surface area contributed by atoms with E-state index in [1.807, 2.05) is 0 Å². The maximum atomic E-state index is 10.7. The van der Waals surface area contributed by atoms with Crippen molar-refractivity contribution in [3.63, 3.8) is 0 Å². The zero-order chi connectivity index (χ0) is 12.5. The summed E-state index contributed by atoms with van der Waals surface area (Å²) in [6.07, 6.45) is 0. The first kappa shape index (κ1) is 10.5. The summed E-state index contributed by atoms with van der Waals surface area (Å²) in [5.41, 5.74) is 0.672. The maximum Gasteiger partial charge on any atom is 0.325 e. The van der Waals surface area contributed by atoms with Gasteiger partial charge in [0.25, 0.3) is 0 Å². The first-order valence-corrected chi connectivity index (χ1v) is 5.12. The summed E-state index contributed by atoms with van der Waals surface area (Å²) >= 11 is 0. The number of aliphatic carboxylic acids is 1. The second kappa shape index (κ2) is 3.99. The molecule has 0 spiro atoms. The van der Waals surface area contributed by atoms with Crippen molar-refractivity contribution in [1.82, 2.24) is 20.2 Å². The van der Waals surface area contributed by atoms with E-state index in [1.165, 1.54) is 4.68 Å². The number of aromatic nitrogens is 4. The fourth-order valence-corrected chi connectivity index (χ4v) is 1.68. The molecule has 0 amide bonds. The number of rotatable bonds is 3. The van der Waals surface area contributed by atoms with E-state index in [9.17, 15) is 4.79 Å².